The summed E-state index contributed by atoms with van der Waals surface area (Å²) in [5.41, 5.74) is 0.343. The molecule has 2 fully saturated rings. The molecule has 94 valence electrons. The number of nitrogens with one attached hydrogen (secondary N) is 1. The van der Waals surface area contributed by atoms with E-state index in [1.807, 2.05) is 7.05 Å². The molecule has 1 aliphatic carbocycles. The van der Waals surface area contributed by atoms with Gasteiger partial charge in [-0.1, -0.05) is 19.0 Å². The topological polar surface area (TPSA) is 60.2 Å². The number of aromatic nitrogens is 2. The highest BCUT2D eigenvalue weighted by molar-refractivity contribution is 5.15. The van der Waals surface area contributed by atoms with Gasteiger partial charge in [-0.05, 0) is 18.9 Å². The number of nitrogens with zero attached hydrogens (tertiary/aromatic N) is 2. The summed E-state index contributed by atoms with van der Waals surface area (Å²) in [6.45, 7) is 5.86. The van der Waals surface area contributed by atoms with Crippen LogP contribution in [0.15, 0.2) is 4.52 Å². The van der Waals surface area contributed by atoms with Crippen LogP contribution in [0.4, 0.5) is 0 Å². The van der Waals surface area contributed by atoms with Gasteiger partial charge < -0.3 is 14.6 Å². The molecular weight excluding hydrogens is 218 g/mol. The van der Waals surface area contributed by atoms with Gasteiger partial charge in [0.05, 0.1) is 19.1 Å². The van der Waals surface area contributed by atoms with Crippen molar-refractivity contribution in [2.24, 2.45) is 5.41 Å². The monoisotopic (exact) mass is 237 g/mol. The minimum Gasteiger partial charge on any atom is -0.379 e. The molecule has 2 heterocycles. The quantitative estimate of drug-likeness (QED) is 0.858. The second kappa shape index (κ2) is 3.78. The molecule has 1 aromatic heterocycles. The van der Waals surface area contributed by atoms with Crippen molar-refractivity contribution in [1.82, 2.24) is 15.5 Å². The van der Waals surface area contributed by atoms with Crippen LogP contribution in [0.2, 0.25) is 0 Å². The summed E-state index contributed by atoms with van der Waals surface area (Å²) >= 11 is 0. The van der Waals surface area contributed by atoms with Crippen LogP contribution in [-0.2, 0) is 4.74 Å². The third kappa shape index (κ3) is 1.87. The van der Waals surface area contributed by atoms with Gasteiger partial charge in [0.25, 0.3) is 0 Å². The zero-order valence-electron chi connectivity index (χ0n) is 10.6. The van der Waals surface area contributed by atoms with Gasteiger partial charge in [-0.3, -0.25) is 0 Å². The van der Waals surface area contributed by atoms with E-state index in [1.165, 1.54) is 0 Å². The van der Waals surface area contributed by atoms with E-state index >= 15 is 0 Å². The van der Waals surface area contributed by atoms with Gasteiger partial charge >= 0.3 is 0 Å². The van der Waals surface area contributed by atoms with E-state index in [9.17, 15) is 0 Å². The highest BCUT2D eigenvalue weighted by atomic mass is 16.5. The normalized spacial score (nSPS) is 35.1. The molecule has 1 saturated carbocycles. The highest BCUT2D eigenvalue weighted by Crippen LogP contribution is 2.57. The molecule has 2 aliphatic rings. The average Bonchev–Trinajstić information content (AvgIpc) is 2.80. The number of rotatable bonds is 3. The lowest BCUT2D eigenvalue weighted by Gasteiger charge is -2.11. The molecule has 0 bridgehead atoms. The smallest absolute Gasteiger partial charge is 0.233 e. The minimum atomic E-state index is 0.197. The molecule has 1 aliphatic heterocycles. The molecule has 0 spiro atoms. The molecule has 1 N–H and O–H groups in total. The van der Waals surface area contributed by atoms with E-state index in [2.05, 4.69) is 29.3 Å². The lowest BCUT2D eigenvalue weighted by atomic mass is 10.0. The third-order valence-corrected chi connectivity index (χ3v) is 4.05. The van der Waals surface area contributed by atoms with Crippen molar-refractivity contribution < 1.29 is 9.26 Å². The maximum atomic E-state index is 5.45. The molecule has 1 aromatic rings. The Hall–Kier alpha value is -0.940. The van der Waals surface area contributed by atoms with E-state index < -0.39 is 0 Å². The van der Waals surface area contributed by atoms with Crippen molar-refractivity contribution in [2.75, 3.05) is 20.3 Å². The molecule has 3 atom stereocenters. The molecule has 3 unspecified atom stereocenters. The predicted octanol–water partition coefficient (Wildman–Crippen LogP) is 1.28. The molecule has 5 heteroatoms. The van der Waals surface area contributed by atoms with E-state index in [4.69, 9.17) is 9.26 Å². The van der Waals surface area contributed by atoms with Gasteiger partial charge in [-0.25, -0.2) is 0 Å². The maximum Gasteiger partial charge on any atom is 0.233 e. The van der Waals surface area contributed by atoms with Crippen LogP contribution < -0.4 is 5.32 Å². The molecule has 0 amide bonds. The Kier molecular flexibility index (Phi) is 2.48. The SMILES string of the molecule is CNC1COCC1c1nc(C2CC2(C)C)no1. The van der Waals surface area contributed by atoms with E-state index in [0.717, 1.165) is 18.1 Å². The summed E-state index contributed by atoms with van der Waals surface area (Å²) < 4.78 is 10.8. The summed E-state index contributed by atoms with van der Waals surface area (Å²) in [7, 11) is 1.94. The number of likely N-dealkylation sites (N-methyl/N-ethyl adjacent to an activating group) is 1. The lowest BCUT2D eigenvalue weighted by Crippen LogP contribution is -2.31. The molecular formula is C12H19N3O2. The fraction of sp³-hybridized carbons (Fsp3) is 0.833. The molecule has 1 saturated heterocycles. The van der Waals surface area contributed by atoms with Crippen LogP contribution in [0.3, 0.4) is 0 Å². The maximum absolute atomic E-state index is 5.45. The summed E-state index contributed by atoms with van der Waals surface area (Å²) in [4.78, 5) is 4.55. The Labute approximate surface area is 101 Å². The Morgan fingerprint density at radius 1 is 1.35 bits per heavy atom. The van der Waals surface area contributed by atoms with Crippen LogP contribution in [0.25, 0.3) is 0 Å². The average molecular weight is 237 g/mol. The van der Waals surface area contributed by atoms with E-state index in [0.29, 0.717) is 24.5 Å². The molecule has 0 radical (unpaired) electrons. The first-order chi connectivity index (χ1) is 8.12. The summed E-state index contributed by atoms with van der Waals surface area (Å²) in [5, 5.41) is 7.35. The Morgan fingerprint density at radius 2 is 2.12 bits per heavy atom. The number of hydrogen-bond acceptors (Lipinski definition) is 5. The molecule has 5 nitrogen and oxygen atoms in total. The number of ether oxygens (including phenoxy) is 1. The summed E-state index contributed by atoms with van der Waals surface area (Å²) in [6, 6.07) is 0.288. The van der Waals surface area contributed by atoms with Gasteiger partial charge in [0, 0.05) is 12.0 Å². The van der Waals surface area contributed by atoms with Crippen LogP contribution in [-0.4, -0.2) is 36.4 Å². The Balaban J connectivity index is 1.76. The summed E-state index contributed by atoms with van der Waals surface area (Å²) in [5.74, 6) is 2.25. The van der Waals surface area contributed by atoms with Crippen molar-refractivity contribution in [3.63, 3.8) is 0 Å². The second-order valence-corrected chi connectivity index (χ2v) is 5.78. The fourth-order valence-electron chi connectivity index (χ4n) is 2.53. The van der Waals surface area contributed by atoms with Crippen molar-refractivity contribution >= 4 is 0 Å². The number of hydrogen-bond donors (Lipinski definition) is 1. The first kappa shape index (κ1) is 11.2. The Bertz CT molecular complexity index is 416. The zero-order valence-corrected chi connectivity index (χ0v) is 10.6. The first-order valence-corrected chi connectivity index (χ1v) is 6.20. The van der Waals surface area contributed by atoms with Gasteiger partial charge in [-0.15, -0.1) is 0 Å². The van der Waals surface area contributed by atoms with Crippen molar-refractivity contribution in [3.8, 4) is 0 Å². The minimum absolute atomic E-state index is 0.197. The van der Waals surface area contributed by atoms with Crippen molar-refractivity contribution in [2.45, 2.75) is 38.1 Å². The van der Waals surface area contributed by atoms with Gasteiger partial charge in [0.1, 0.15) is 0 Å². The molecule has 0 aromatic carbocycles. The van der Waals surface area contributed by atoms with E-state index in [1.54, 1.807) is 0 Å². The first-order valence-electron chi connectivity index (χ1n) is 6.20. The lowest BCUT2D eigenvalue weighted by molar-refractivity contribution is 0.185. The van der Waals surface area contributed by atoms with Crippen molar-refractivity contribution in [3.05, 3.63) is 11.7 Å². The molecule has 17 heavy (non-hydrogen) atoms. The molecule has 3 rings (SSSR count). The standard InChI is InChI=1S/C12H19N3O2/c1-12(2)4-8(12)10-14-11(17-15-10)7-5-16-6-9(7)13-3/h7-9,13H,4-6H2,1-3H3. The second-order valence-electron chi connectivity index (χ2n) is 5.78. The zero-order chi connectivity index (χ0) is 12.0. The largest absolute Gasteiger partial charge is 0.379 e. The van der Waals surface area contributed by atoms with Crippen LogP contribution >= 0.6 is 0 Å². The summed E-state index contributed by atoms with van der Waals surface area (Å²) in [6.07, 6.45) is 1.16. The van der Waals surface area contributed by atoms with Crippen LogP contribution in [0.5, 0.6) is 0 Å². The van der Waals surface area contributed by atoms with Crippen LogP contribution in [0, 0.1) is 5.41 Å². The van der Waals surface area contributed by atoms with Crippen molar-refractivity contribution in [1.29, 1.82) is 0 Å². The van der Waals surface area contributed by atoms with Gasteiger partial charge in [0.2, 0.25) is 5.89 Å². The van der Waals surface area contributed by atoms with Gasteiger partial charge in [-0.2, -0.15) is 4.98 Å². The fourth-order valence-corrected chi connectivity index (χ4v) is 2.53. The van der Waals surface area contributed by atoms with Gasteiger partial charge in [0.15, 0.2) is 5.82 Å². The van der Waals surface area contributed by atoms with E-state index in [-0.39, 0.29) is 12.0 Å². The predicted molar refractivity (Wildman–Crippen MR) is 61.8 cm³/mol. The highest BCUT2D eigenvalue weighted by Gasteiger charge is 2.50. The third-order valence-electron chi connectivity index (χ3n) is 4.05. The Morgan fingerprint density at radius 3 is 2.76 bits per heavy atom. The van der Waals surface area contributed by atoms with Crippen LogP contribution in [0.1, 0.15) is 43.8 Å².